The van der Waals surface area contributed by atoms with Gasteiger partial charge >= 0.3 is 0 Å². The summed E-state index contributed by atoms with van der Waals surface area (Å²) in [5.74, 6) is -0.307. The van der Waals surface area contributed by atoms with Crippen LogP contribution in [0, 0.1) is 0 Å². The van der Waals surface area contributed by atoms with Crippen LogP contribution in [0.1, 0.15) is 9.67 Å². The van der Waals surface area contributed by atoms with Gasteiger partial charge in [0.1, 0.15) is 9.71 Å². The molecule has 3 N–H and O–H groups in total. The molecule has 0 unspecified atom stereocenters. The highest BCUT2D eigenvalue weighted by Crippen LogP contribution is 2.32. The van der Waals surface area contributed by atoms with Gasteiger partial charge in [-0.2, -0.15) is 5.10 Å². The number of fused-ring (bicyclic) bond motifs is 1. The fraction of sp³-hybridized carbons (Fsp3) is 0. The van der Waals surface area contributed by atoms with E-state index < -0.39 is 0 Å². The van der Waals surface area contributed by atoms with E-state index in [4.69, 9.17) is 17.3 Å². The molecule has 0 radical (unpaired) electrons. The summed E-state index contributed by atoms with van der Waals surface area (Å²) >= 11 is 7.21. The third-order valence-corrected chi connectivity index (χ3v) is 4.18. The van der Waals surface area contributed by atoms with Crippen LogP contribution in [0.2, 0.25) is 5.02 Å². The number of nitrogen functional groups attached to an aromatic ring is 1. The molecule has 2 heterocycles. The zero-order chi connectivity index (χ0) is 14.1. The van der Waals surface area contributed by atoms with Crippen molar-refractivity contribution in [1.82, 2.24) is 10.2 Å². The van der Waals surface area contributed by atoms with Crippen molar-refractivity contribution in [3.63, 3.8) is 0 Å². The fourth-order valence-electron chi connectivity index (χ4n) is 1.78. The quantitative estimate of drug-likeness (QED) is 0.762. The van der Waals surface area contributed by atoms with Crippen molar-refractivity contribution in [2.24, 2.45) is 0 Å². The number of rotatable bonds is 2. The van der Waals surface area contributed by atoms with E-state index in [1.807, 2.05) is 0 Å². The Hall–Kier alpha value is -2.18. The van der Waals surface area contributed by atoms with Crippen molar-refractivity contribution in [2.75, 3.05) is 11.1 Å². The van der Waals surface area contributed by atoms with Gasteiger partial charge in [0.25, 0.3) is 5.91 Å². The van der Waals surface area contributed by atoms with Gasteiger partial charge in [-0.15, -0.1) is 16.4 Å². The Morgan fingerprint density at radius 3 is 2.85 bits per heavy atom. The number of thiophene rings is 1. The predicted octanol–water partition coefficient (Wildman–Crippen LogP) is 3.18. The average molecular weight is 305 g/mol. The largest absolute Gasteiger partial charge is 0.397 e. The number of nitrogens with one attached hydrogen (secondary N) is 1. The van der Waals surface area contributed by atoms with Crippen LogP contribution in [0.25, 0.3) is 10.2 Å². The monoisotopic (exact) mass is 304 g/mol. The first kappa shape index (κ1) is 12.8. The van der Waals surface area contributed by atoms with Crippen molar-refractivity contribution < 1.29 is 4.79 Å². The van der Waals surface area contributed by atoms with E-state index >= 15 is 0 Å². The van der Waals surface area contributed by atoms with Crippen molar-refractivity contribution in [3.05, 3.63) is 46.4 Å². The number of hydrogen-bond acceptors (Lipinski definition) is 5. The van der Waals surface area contributed by atoms with E-state index in [0.717, 1.165) is 5.39 Å². The van der Waals surface area contributed by atoms with E-state index in [-0.39, 0.29) is 5.91 Å². The maximum atomic E-state index is 12.3. The Labute approximate surface area is 123 Å². The maximum Gasteiger partial charge on any atom is 0.267 e. The van der Waals surface area contributed by atoms with E-state index in [9.17, 15) is 4.79 Å². The number of aromatic nitrogens is 2. The lowest BCUT2D eigenvalue weighted by atomic mass is 10.2. The van der Waals surface area contributed by atoms with Crippen LogP contribution >= 0.6 is 22.9 Å². The molecule has 3 rings (SSSR count). The van der Waals surface area contributed by atoms with E-state index in [1.54, 1.807) is 36.5 Å². The van der Waals surface area contributed by atoms with Gasteiger partial charge in [0, 0.05) is 5.39 Å². The summed E-state index contributed by atoms with van der Waals surface area (Å²) in [5.41, 5.74) is 6.93. The molecule has 0 spiro atoms. The first-order valence-corrected chi connectivity index (χ1v) is 6.92. The van der Waals surface area contributed by atoms with E-state index in [2.05, 4.69) is 15.5 Å². The second-order valence-corrected chi connectivity index (χ2v) is 5.44. The number of nitrogens with two attached hydrogens (primary N) is 1. The molecule has 1 aromatic carbocycles. The standard InChI is InChI=1S/C13H9ClN4OS/c14-8-3-1-2-4-9(8)17-12(19)11-10(15)7-5-6-16-18-13(7)20-11/h1-6H,15H2,(H,17,19). The van der Waals surface area contributed by atoms with Gasteiger partial charge in [-0.3, -0.25) is 4.79 Å². The topological polar surface area (TPSA) is 80.9 Å². The number of hydrogen-bond donors (Lipinski definition) is 2. The molecule has 3 aromatic rings. The van der Waals surface area contributed by atoms with Crippen LogP contribution in [0.5, 0.6) is 0 Å². The first-order valence-electron chi connectivity index (χ1n) is 5.72. The smallest absolute Gasteiger partial charge is 0.267 e. The van der Waals surface area contributed by atoms with Crippen LogP contribution in [0.3, 0.4) is 0 Å². The molecule has 0 aliphatic carbocycles. The van der Waals surface area contributed by atoms with Crippen LogP contribution in [-0.4, -0.2) is 16.1 Å². The molecule has 7 heteroatoms. The highest BCUT2D eigenvalue weighted by Gasteiger charge is 2.17. The molecule has 0 aliphatic heterocycles. The number of amides is 1. The van der Waals surface area contributed by atoms with Gasteiger partial charge in [0.2, 0.25) is 0 Å². The molecule has 0 saturated heterocycles. The summed E-state index contributed by atoms with van der Waals surface area (Å²) in [7, 11) is 0. The summed E-state index contributed by atoms with van der Waals surface area (Å²) in [6.07, 6.45) is 1.54. The predicted molar refractivity (Wildman–Crippen MR) is 81.2 cm³/mol. The number of para-hydroxylation sites is 1. The lowest BCUT2D eigenvalue weighted by Gasteiger charge is -2.05. The minimum atomic E-state index is -0.307. The number of carbonyl (C=O) groups excluding carboxylic acids is 1. The Bertz CT molecular complexity index is 802. The first-order chi connectivity index (χ1) is 9.66. The van der Waals surface area contributed by atoms with Crippen molar-refractivity contribution in [2.45, 2.75) is 0 Å². The summed E-state index contributed by atoms with van der Waals surface area (Å²) < 4.78 is 0. The number of carbonyl (C=O) groups is 1. The lowest BCUT2D eigenvalue weighted by molar-refractivity contribution is 0.103. The fourth-order valence-corrected chi connectivity index (χ4v) is 2.90. The molecule has 0 saturated carbocycles. The molecule has 0 atom stereocenters. The molecule has 0 fully saturated rings. The summed E-state index contributed by atoms with van der Waals surface area (Å²) in [5, 5.41) is 11.7. The Morgan fingerprint density at radius 2 is 2.10 bits per heavy atom. The van der Waals surface area contributed by atoms with Crippen LogP contribution in [0.15, 0.2) is 36.5 Å². The highest BCUT2D eigenvalue weighted by molar-refractivity contribution is 7.21. The average Bonchev–Trinajstić information content (AvgIpc) is 2.79. The van der Waals surface area contributed by atoms with Gasteiger partial charge in [-0.1, -0.05) is 23.7 Å². The molecule has 0 aliphatic rings. The number of halogens is 1. The Kier molecular flexibility index (Phi) is 3.25. The zero-order valence-corrected chi connectivity index (χ0v) is 11.7. The van der Waals surface area contributed by atoms with Gasteiger partial charge in [-0.25, -0.2) is 0 Å². The third kappa shape index (κ3) is 2.19. The van der Waals surface area contributed by atoms with Crippen LogP contribution in [-0.2, 0) is 0 Å². The minimum absolute atomic E-state index is 0.307. The summed E-state index contributed by atoms with van der Waals surface area (Å²) in [6, 6.07) is 8.75. The van der Waals surface area contributed by atoms with E-state index in [1.165, 1.54) is 11.3 Å². The number of benzene rings is 1. The van der Waals surface area contributed by atoms with E-state index in [0.29, 0.717) is 26.1 Å². The molecular formula is C13H9ClN4OS. The second-order valence-electron chi connectivity index (χ2n) is 4.03. The normalized spacial score (nSPS) is 10.7. The summed E-state index contributed by atoms with van der Waals surface area (Å²) in [4.78, 5) is 13.3. The highest BCUT2D eigenvalue weighted by atomic mass is 35.5. The third-order valence-electron chi connectivity index (χ3n) is 2.75. The summed E-state index contributed by atoms with van der Waals surface area (Å²) in [6.45, 7) is 0. The van der Waals surface area contributed by atoms with Crippen molar-refractivity contribution >= 4 is 50.4 Å². The molecule has 20 heavy (non-hydrogen) atoms. The van der Waals surface area contributed by atoms with Crippen LogP contribution in [0.4, 0.5) is 11.4 Å². The number of nitrogens with zero attached hydrogens (tertiary/aromatic N) is 2. The Morgan fingerprint density at radius 1 is 1.30 bits per heavy atom. The van der Waals surface area contributed by atoms with Gasteiger partial charge in [-0.05, 0) is 18.2 Å². The maximum absolute atomic E-state index is 12.3. The Balaban J connectivity index is 1.97. The van der Waals surface area contributed by atoms with Crippen molar-refractivity contribution in [3.8, 4) is 0 Å². The molecular weight excluding hydrogens is 296 g/mol. The van der Waals surface area contributed by atoms with Gasteiger partial charge in [0.05, 0.1) is 22.6 Å². The van der Waals surface area contributed by atoms with Crippen molar-refractivity contribution in [1.29, 1.82) is 0 Å². The molecule has 1 amide bonds. The van der Waals surface area contributed by atoms with Crippen LogP contribution < -0.4 is 11.1 Å². The van der Waals surface area contributed by atoms with Gasteiger partial charge in [0.15, 0.2) is 0 Å². The number of anilines is 2. The SMILES string of the molecule is Nc1c(C(=O)Nc2ccccc2Cl)sc2nnccc12. The molecule has 2 aromatic heterocycles. The zero-order valence-electron chi connectivity index (χ0n) is 10.1. The second kappa shape index (κ2) is 5.07. The minimum Gasteiger partial charge on any atom is -0.397 e. The molecule has 100 valence electrons. The molecule has 5 nitrogen and oxygen atoms in total. The molecule has 0 bridgehead atoms. The van der Waals surface area contributed by atoms with Gasteiger partial charge < -0.3 is 11.1 Å². The lowest BCUT2D eigenvalue weighted by Crippen LogP contribution is -2.12.